The van der Waals surface area contributed by atoms with Crippen molar-refractivity contribution in [1.29, 1.82) is 0 Å². The third-order valence-corrected chi connectivity index (χ3v) is 5.46. The van der Waals surface area contributed by atoms with E-state index in [9.17, 15) is 14.4 Å². The SMILES string of the molecule is CCOc1ccccc1NC(=O)[C@H](C)OC(=O)C[C@@H]1Sc2ccccc2NC1=O. The summed E-state index contributed by atoms with van der Waals surface area (Å²) in [5.41, 5.74) is 1.23. The minimum absolute atomic E-state index is 0.127. The molecule has 0 saturated heterocycles. The number of anilines is 2. The van der Waals surface area contributed by atoms with E-state index in [2.05, 4.69) is 10.6 Å². The highest BCUT2D eigenvalue weighted by Gasteiger charge is 2.30. The van der Waals surface area contributed by atoms with Crippen LogP contribution >= 0.6 is 11.8 Å². The summed E-state index contributed by atoms with van der Waals surface area (Å²) in [4.78, 5) is 37.8. The number of esters is 1. The first-order valence-corrected chi connectivity index (χ1v) is 10.1. The van der Waals surface area contributed by atoms with Gasteiger partial charge in [0.2, 0.25) is 5.91 Å². The van der Waals surface area contributed by atoms with E-state index < -0.39 is 23.2 Å². The van der Waals surface area contributed by atoms with Gasteiger partial charge in [-0.1, -0.05) is 24.3 Å². The van der Waals surface area contributed by atoms with Crippen LogP contribution < -0.4 is 15.4 Å². The highest BCUT2D eigenvalue weighted by Crippen LogP contribution is 2.36. The van der Waals surface area contributed by atoms with Crippen molar-refractivity contribution in [1.82, 2.24) is 0 Å². The van der Waals surface area contributed by atoms with Crippen LogP contribution in [0.4, 0.5) is 11.4 Å². The van der Waals surface area contributed by atoms with Crippen LogP contribution in [0.1, 0.15) is 20.3 Å². The molecule has 29 heavy (non-hydrogen) atoms. The fraction of sp³-hybridized carbons (Fsp3) is 0.286. The van der Waals surface area contributed by atoms with E-state index in [1.807, 2.05) is 25.1 Å². The molecule has 1 aliphatic heterocycles. The Morgan fingerprint density at radius 1 is 1.17 bits per heavy atom. The number of fused-ring (bicyclic) bond motifs is 1. The van der Waals surface area contributed by atoms with Gasteiger partial charge in [-0.2, -0.15) is 0 Å². The minimum atomic E-state index is -1.01. The highest BCUT2D eigenvalue weighted by atomic mass is 32.2. The molecule has 0 radical (unpaired) electrons. The lowest BCUT2D eigenvalue weighted by atomic mass is 10.2. The number of benzene rings is 2. The lowest BCUT2D eigenvalue weighted by molar-refractivity contribution is -0.153. The topological polar surface area (TPSA) is 93.7 Å². The van der Waals surface area contributed by atoms with Gasteiger partial charge in [0.25, 0.3) is 5.91 Å². The van der Waals surface area contributed by atoms with Gasteiger partial charge in [-0.05, 0) is 38.1 Å². The quantitative estimate of drug-likeness (QED) is 0.674. The first kappa shape index (κ1) is 20.7. The van der Waals surface area contributed by atoms with Crippen molar-refractivity contribution in [3.63, 3.8) is 0 Å². The summed E-state index contributed by atoms with van der Waals surface area (Å²) in [6.07, 6.45) is -1.14. The average Bonchev–Trinajstić information content (AvgIpc) is 2.70. The second-order valence-electron chi connectivity index (χ2n) is 6.35. The molecule has 1 aliphatic rings. The fourth-order valence-electron chi connectivity index (χ4n) is 2.76. The zero-order valence-electron chi connectivity index (χ0n) is 16.1. The van der Waals surface area contributed by atoms with Crippen LogP contribution in [-0.4, -0.2) is 35.7 Å². The van der Waals surface area contributed by atoms with Crippen LogP contribution in [0.25, 0.3) is 0 Å². The Hall–Kier alpha value is -3.00. The summed E-state index contributed by atoms with van der Waals surface area (Å²) in [6, 6.07) is 14.4. The molecule has 2 aromatic rings. The van der Waals surface area contributed by atoms with Crippen molar-refractivity contribution in [2.24, 2.45) is 0 Å². The molecular formula is C21H22N2O5S. The lowest BCUT2D eigenvalue weighted by Crippen LogP contribution is -2.34. The Morgan fingerprint density at radius 2 is 1.90 bits per heavy atom. The monoisotopic (exact) mass is 414 g/mol. The van der Waals surface area contributed by atoms with E-state index >= 15 is 0 Å². The molecule has 2 aromatic carbocycles. The third kappa shape index (κ3) is 5.29. The summed E-state index contributed by atoms with van der Waals surface area (Å²) in [5, 5.41) is 4.88. The predicted molar refractivity (Wildman–Crippen MR) is 111 cm³/mol. The van der Waals surface area contributed by atoms with Crippen molar-refractivity contribution < 1.29 is 23.9 Å². The number of rotatable bonds is 7. The predicted octanol–water partition coefficient (Wildman–Crippen LogP) is 3.46. The average molecular weight is 414 g/mol. The van der Waals surface area contributed by atoms with E-state index in [-0.39, 0.29) is 12.3 Å². The molecule has 8 heteroatoms. The summed E-state index contributed by atoms with van der Waals surface area (Å²) < 4.78 is 10.7. The molecule has 152 valence electrons. The molecule has 7 nitrogen and oxygen atoms in total. The van der Waals surface area contributed by atoms with Gasteiger partial charge in [0.05, 0.1) is 29.7 Å². The first-order chi connectivity index (χ1) is 14.0. The van der Waals surface area contributed by atoms with E-state index in [4.69, 9.17) is 9.47 Å². The largest absolute Gasteiger partial charge is 0.492 e. The minimum Gasteiger partial charge on any atom is -0.492 e. The van der Waals surface area contributed by atoms with Crippen LogP contribution in [-0.2, 0) is 19.1 Å². The van der Waals surface area contributed by atoms with Gasteiger partial charge < -0.3 is 20.1 Å². The van der Waals surface area contributed by atoms with E-state index in [1.165, 1.54) is 18.7 Å². The number of carbonyl (C=O) groups excluding carboxylic acids is 3. The molecule has 0 bridgehead atoms. The molecule has 2 N–H and O–H groups in total. The number of hydrogen-bond acceptors (Lipinski definition) is 6. The van der Waals surface area contributed by atoms with Crippen LogP contribution in [0.3, 0.4) is 0 Å². The maximum atomic E-state index is 12.4. The highest BCUT2D eigenvalue weighted by molar-refractivity contribution is 8.01. The van der Waals surface area contributed by atoms with Gasteiger partial charge in [0, 0.05) is 4.90 Å². The molecular weight excluding hydrogens is 392 g/mol. The second kappa shape index (κ2) is 9.47. The number of nitrogens with one attached hydrogen (secondary N) is 2. The van der Waals surface area contributed by atoms with Gasteiger partial charge in [0.15, 0.2) is 6.10 Å². The van der Waals surface area contributed by atoms with Gasteiger partial charge in [-0.25, -0.2) is 0 Å². The molecule has 0 saturated carbocycles. The first-order valence-electron chi connectivity index (χ1n) is 9.26. The summed E-state index contributed by atoms with van der Waals surface area (Å²) in [7, 11) is 0. The Labute approximate surface area is 173 Å². The van der Waals surface area contributed by atoms with Crippen LogP contribution in [0.2, 0.25) is 0 Å². The fourth-order valence-corrected chi connectivity index (χ4v) is 3.86. The van der Waals surface area contributed by atoms with Crippen molar-refractivity contribution in [3.05, 3.63) is 48.5 Å². The van der Waals surface area contributed by atoms with Gasteiger partial charge >= 0.3 is 5.97 Å². The van der Waals surface area contributed by atoms with E-state index in [1.54, 1.807) is 30.3 Å². The number of thioether (sulfide) groups is 1. The van der Waals surface area contributed by atoms with Crippen molar-refractivity contribution >= 4 is 40.9 Å². The van der Waals surface area contributed by atoms with Gasteiger partial charge in [-0.3, -0.25) is 14.4 Å². The standard InChI is InChI=1S/C21H22N2O5S/c1-3-27-16-10-6-4-8-14(16)22-20(25)13(2)28-19(24)12-18-21(26)23-15-9-5-7-11-17(15)29-18/h4-11,13,18H,3,12H2,1-2H3,(H,22,25)(H,23,26)/t13-,18-/m0/s1. The number of ether oxygens (including phenoxy) is 2. The molecule has 0 aliphatic carbocycles. The van der Waals surface area contributed by atoms with Crippen LogP contribution in [0.15, 0.2) is 53.4 Å². The summed E-state index contributed by atoms with van der Waals surface area (Å²) in [5.74, 6) is -0.807. The van der Waals surface area contributed by atoms with Crippen molar-refractivity contribution in [2.45, 2.75) is 36.5 Å². The Balaban J connectivity index is 1.55. The zero-order valence-corrected chi connectivity index (χ0v) is 17.0. The Bertz CT molecular complexity index is 917. The summed E-state index contributed by atoms with van der Waals surface area (Å²) in [6.45, 7) is 3.79. The van der Waals surface area contributed by atoms with Crippen molar-refractivity contribution in [2.75, 3.05) is 17.2 Å². The van der Waals surface area contributed by atoms with E-state index in [0.717, 1.165) is 10.6 Å². The number of carbonyl (C=O) groups is 3. The van der Waals surface area contributed by atoms with Gasteiger partial charge in [-0.15, -0.1) is 11.8 Å². The zero-order chi connectivity index (χ0) is 20.8. The molecule has 1 heterocycles. The molecule has 2 amide bonds. The Kier molecular flexibility index (Phi) is 6.77. The molecule has 0 unspecified atom stereocenters. The number of hydrogen-bond donors (Lipinski definition) is 2. The Morgan fingerprint density at radius 3 is 2.69 bits per heavy atom. The third-order valence-electron chi connectivity index (χ3n) is 4.18. The van der Waals surface area contributed by atoms with Gasteiger partial charge in [0.1, 0.15) is 5.75 Å². The van der Waals surface area contributed by atoms with Crippen molar-refractivity contribution in [3.8, 4) is 5.75 Å². The maximum Gasteiger partial charge on any atom is 0.308 e. The van der Waals surface area contributed by atoms with Crippen LogP contribution in [0, 0.1) is 0 Å². The molecule has 3 rings (SSSR count). The van der Waals surface area contributed by atoms with Crippen LogP contribution in [0.5, 0.6) is 5.75 Å². The number of amides is 2. The smallest absolute Gasteiger partial charge is 0.308 e. The molecule has 0 fully saturated rings. The normalized spacial score (nSPS) is 16.2. The number of para-hydroxylation sites is 3. The second-order valence-corrected chi connectivity index (χ2v) is 7.59. The van der Waals surface area contributed by atoms with E-state index in [0.29, 0.717) is 18.0 Å². The maximum absolute atomic E-state index is 12.4. The molecule has 0 aromatic heterocycles. The molecule has 2 atom stereocenters. The molecule has 0 spiro atoms. The summed E-state index contributed by atoms with van der Waals surface area (Å²) >= 11 is 1.31. The lowest BCUT2D eigenvalue weighted by Gasteiger charge is -2.23.